The van der Waals surface area contributed by atoms with Crippen molar-refractivity contribution in [2.75, 3.05) is 12.4 Å². The van der Waals surface area contributed by atoms with Gasteiger partial charge in [0.05, 0.1) is 17.3 Å². The summed E-state index contributed by atoms with van der Waals surface area (Å²) in [6, 6.07) is 0.911. The Morgan fingerprint density at radius 3 is 2.79 bits per heavy atom. The summed E-state index contributed by atoms with van der Waals surface area (Å²) in [4.78, 5) is 23.7. The first-order valence-corrected chi connectivity index (χ1v) is 3.61. The molecule has 74 valence electrons. The maximum atomic E-state index is 10.7. The van der Waals surface area contributed by atoms with E-state index in [0.717, 1.165) is 12.3 Å². The highest BCUT2D eigenvalue weighted by molar-refractivity contribution is 5.94. The number of rotatable bonds is 3. The van der Waals surface area contributed by atoms with Crippen LogP contribution in [0.1, 0.15) is 10.4 Å². The molecule has 0 spiro atoms. The maximum Gasteiger partial charge on any atom is 0.364 e. The second-order valence-electron chi connectivity index (χ2n) is 2.40. The molecule has 7 nitrogen and oxygen atoms in total. The second kappa shape index (κ2) is 3.69. The summed E-state index contributed by atoms with van der Waals surface area (Å²) in [5.41, 5.74) is 0.0669. The molecule has 2 N–H and O–H groups in total. The van der Waals surface area contributed by atoms with E-state index in [4.69, 9.17) is 5.11 Å². The van der Waals surface area contributed by atoms with Gasteiger partial charge in [-0.1, -0.05) is 0 Å². The standard InChI is InChI=1S/C7H7N3O4/c1-8-5-3-9-6(10(13)14)2-4(5)7(11)12/h2-3,8H,1H3,(H,11,12). The molecule has 0 saturated carbocycles. The zero-order valence-electron chi connectivity index (χ0n) is 7.22. The number of carboxylic acid groups (broad SMARTS) is 1. The largest absolute Gasteiger partial charge is 0.478 e. The number of anilines is 1. The van der Waals surface area contributed by atoms with Crippen LogP contribution in [0.3, 0.4) is 0 Å². The lowest BCUT2D eigenvalue weighted by Crippen LogP contribution is -2.05. The van der Waals surface area contributed by atoms with Gasteiger partial charge in [-0.15, -0.1) is 0 Å². The Morgan fingerprint density at radius 2 is 2.36 bits per heavy atom. The van der Waals surface area contributed by atoms with Gasteiger partial charge < -0.3 is 20.5 Å². The van der Waals surface area contributed by atoms with Crippen LogP contribution < -0.4 is 5.32 Å². The zero-order valence-corrected chi connectivity index (χ0v) is 7.22. The minimum atomic E-state index is -1.24. The van der Waals surface area contributed by atoms with Gasteiger partial charge in [-0.3, -0.25) is 0 Å². The quantitative estimate of drug-likeness (QED) is 0.546. The molecule has 1 heterocycles. The molecule has 0 aliphatic carbocycles. The number of nitrogens with one attached hydrogen (secondary N) is 1. The number of nitrogens with zero attached hydrogens (tertiary/aromatic N) is 2. The molecular formula is C7H7N3O4. The molecule has 1 aromatic rings. The summed E-state index contributed by atoms with van der Waals surface area (Å²) >= 11 is 0. The zero-order chi connectivity index (χ0) is 10.7. The first-order chi connectivity index (χ1) is 6.56. The smallest absolute Gasteiger partial charge is 0.364 e. The second-order valence-corrected chi connectivity index (χ2v) is 2.40. The predicted molar refractivity (Wildman–Crippen MR) is 47.4 cm³/mol. The summed E-state index contributed by atoms with van der Waals surface area (Å²) in [6.07, 6.45) is 1.11. The lowest BCUT2D eigenvalue weighted by Gasteiger charge is -2.01. The number of carboxylic acids is 1. The number of nitro groups is 1. The number of hydrogen-bond donors (Lipinski definition) is 2. The fraction of sp³-hybridized carbons (Fsp3) is 0.143. The van der Waals surface area contributed by atoms with E-state index >= 15 is 0 Å². The van der Waals surface area contributed by atoms with Crippen molar-refractivity contribution in [3.8, 4) is 0 Å². The van der Waals surface area contributed by atoms with Crippen molar-refractivity contribution in [2.24, 2.45) is 0 Å². The van der Waals surface area contributed by atoms with Crippen LogP contribution in [-0.4, -0.2) is 28.0 Å². The Kier molecular flexibility index (Phi) is 2.61. The van der Waals surface area contributed by atoms with Gasteiger partial charge in [-0.25, -0.2) is 4.79 Å². The molecule has 14 heavy (non-hydrogen) atoms. The molecule has 0 radical (unpaired) electrons. The number of hydrogen-bond acceptors (Lipinski definition) is 5. The van der Waals surface area contributed by atoms with Gasteiger partial charge in [0.2, 0.25) is 0 Å². The Morgan fingerprint density at radius 1 is 1.71 bits per heavy atom. The highest BCUT2D eigenvalue weighted by Gasteiger charge is 2.16. The van der Waals surface area contributed by atoms with E-state index in [1.54, 1.807) is 0 Å². The van der Waals surface area contributed by atoms with Crippen LogP contribution in [0.25, 0.3) is 0 Å². The van der Waals surface area contributed by atoms with Crippen molar-refractivity contribution in [3.05, 3.63) is 27.9 Å². The lowest BCUT2D eigenvalue weighted by atomic mass is 10.2. The first-order valence-electron chi connectivity index (χ1n) is 3.61. The molecular weight excluding hydrogens is 190 g/mol. The van der Waals surface area contributed by atoms with Crippen molar-refractivity contribution in [3.63, 3.8) is 0 Å². The van der Waals surface area contributed by atoms with Gasteiger partial charge in [0.1, 0.15) is 0 Å². The van der Waals surface area contributed by atoms with Crippen molar-refractivity contribution >= 4 is 17.5 Å². The van der Waals surface area contributed by atoms with E-state index in [1.165, 1.54) is 7.05 Å². The molecule has 0 fully saturated rings. The first kappa shape index (κ1) is 9.90. The van der Waals surface area contributed by atoms with Crippen LogP contribution in [0.15, 0.2) is 12.3 Å². The highest BCUT2D eigenvalue weighted by atomic mass is 16.6. The maximum absolute atomic E-state index is 10.7. The van der Waals surface area contributed by atoms with Gasteiger partial charge in [-0.05, 0) is 9.91 Å². The third-order valence-corrected chi connectivity index (χ3v) is 1.58. The van der Waals surface area contributed by atoms with Crippen LogP contribution in [0.4, 0.5) is 11.5 Å². The fourth-order valence-corrected chi connectivity index (χ4v) is 0.920. The van der Waals surface area contributed by atoms with E-state index in [2.05, 4.69) is 10.3 Å². The predicted octanol–water partition coefficient (Wildman–Crippen LogP) is 0.730. The average molecular weight is 197 g/mol. The Bertz CT molecular complexity index is 391. The van der Waals surface area contributed by atoms with Crippen LogP contribution >= 0.6 is 0 Å². The third kappa shape index (κ3) is 1.76. The van der Waals surface area contributed by atoms with Crippen LogP contribution in [0, 0.1) is 10.1 Å². The van der Waals surface area contributed by atoms with Crippen molar-refractivity contribution in [1.82, 2.24) is 4.98 Å². The number of pyridine rings is 1. The highest BCUT2D eigenvalue weighted by Crippen LogP contribution is 2.18. The fourth-order valence-electron chi connectivity index (χ4n) is 0.920. The van der Waals surface area contributed by atoms with Crippen molar-refractivity contribution < 1.29 is 14.8 Å². The molecule has 1 rings (SSSR count). The van der Waals surface area contributed by atoms with E-state index in [1.807, 2.05) is 0 Å². The molecule has 0 saturated heterocycles. The van der Waals surface area contributed by atoms with Crippen LogP contribution in [0.2, 0.25) is 0 Å². The molecule has 0 aromatic carbocycles. The monoisotopic (exact) mass is 197 g/mol. The van der Waals surface area contributed by atoms with Gasteiger partial charge in [0.25, 0.3) is 0 Å². The van der Waals surface area contributed by atoms with Crippen molar-refractivity contribution in [2.45, 2.75) is 0 Å². The third-order valence-electron chi connectivity index (χ3n) is 1.58. The van der Waals surface area contributed by atoms with Crippen LogP contribution in [-0.2, 0) is 0 Å². The molecule has 0 bridgehead atoms. The summed E-state index contributed by atoms with van der Waals surface area (Å²) in [5, 5.41) is 21.6. The molecule has 0 aliphatic heterocycles. The molecule has 0 aliphatic rings. The van der Waals surface area contributed by atoms with Gasteiger partial charge in [0, 0.05) is 7.05 Å². The molecule has 0 atom stereocenters. The summed E-state index contributed by atoms with van der Waals surface area (Å²) < 4.78 is 0. The topological polar surface area (TPSA) is 105 Å². The van der Waals surface area contributed by atoms with Gasteiger partial charge >= 0.3 is 11.8 Å². The van der Waals surface area contributed by atoms with Gasteiger partial charge in [0.15, 0.2) is 6.20 Å². The average Bonchev–Trinajstić information content (AvgIpc) is 2.16. The van der Waals surface area contributed by atoms with E-state index in [-0.39, 0.29) is 11.3 Å². The number of aromatic nitrogens is 1. The summed E-state index contributed by atoms with van der Waals surface area (Å²) in [6.45, 7) is 0. The Hall–Kier alpha value is -2.18. The van der Waals surface area contributed by atoms with E-state index in [0.29, 0.717) is 0 Å². The number of carbonyl (C=O) groups is 1. The number of aromatic carboxylic acids is 1. The molecule has 0 amide bonds. The Labute approximate surface area is 78.5 Å². The molecule has 0 unspecified atom stereocenters. The minimum Gasteiger partial charge on any atom is -0.478 e. The van der Waals surface area contributed by atoms with Crippen molar-refractivity contribution in [1.29, 1.82) is 0 Å². The molecule has 7 heteroatoms. The lowest BCUT2D eigenvalue weighted by molar-refractivity contribution is -0.389. The van der Waals surface area contributed by atoms with Gasteiger partial charge in [-0.2, -0.15) is 0 Å². The van der Waals surface area contributed by atoms with Crippen LogP contribution in [0.5, 0.6) is 0 Å². The molecule has 1 aromatic heterocycles. The Balaban J connectivity index is 3.27. The van der Waals surface area contributed by atoms with E-state index < -0.39 is 16.7 Å². The summed E-state index contributed by atoms with van der Waals surface area (Å²) in [7, 11) is 1.51. The minimum absolute atomic E-state index is 0.172. The SMILES string of the molecule is CNc1cnc([N+](=O)[O-])cc1C(=O)O. The summed E-state index contributed by atoms with van der Waals surface area (Å²) in [5.74, 6) is -1.72. The van der Waals surface area contributed by atoms with E-state index in [9.17, 15) is 14.9 Å². The normalized spacial score (nSPS) is 9.50.